The number of benzene rings is 1. The number of hydrogen-bond acceptors (Lipinski definition) is 3. The van der Waals surface area contributed by atoms with E-state index < -0.39 is 10.0 Å². The topological polar surface area (TPSA) is 66.4 Å². The summed E-state index contributed by atoms with van der Waals surface area (Å²) in [4.78, 5) is 0.270. The predicted molar refractivity (Wildman–Crippen MR) is 81.4 cm³/mol. The van der Waals surface area contributed by atoms with E-state index in [1.165, 1.54) is 44.9 Å². The molecule has 0 unspecified atom stereocenters. The monoisotopic (exact) mass is 299 g/mol. The standard InChI is InChI=1S/C15H25NO3S/c1-3-4-5-6-7-8-9-13-12-14(17)10-11-15(13)20(18,19)16-2/h10-12,16-17H,3-9H2,1-2H3. The van der Waals surface area contributed by atoms with Crippen LogP contribution in [0.3, 0.4) is 0 Å². The van der Waals surface area contributed by atoms with Crippen molar-refractivity contribution in [2.24, 2.45) is 0 Å². The van der Waals surface area contributed by atoms with Crippen LogP contribution in [-0.2, 0) is 16.4 Å². The molecule has 4 nitrogen and oxygen atoms in total. The summed E-state index contributed by atoms with van der Waals surface area (Å²) in [5, 5.41) is 9.53. The zero-order valence-electron chi connectivity index (χ0n) is 12.4. The zero-order valence-corrected chi connectivity index (χ0v) is 13.2. The average Bonchev–Trinajstić information content (AvgIpc) is 2.42. The Hall–Kier alpha value is -1.07. The molecule has 5 heteroatoms. The predicted octanol–water partition coefficient (Wildman–Crippen LogP) is 3.20. The first kappa shape index (κ1) is 17.0. The molecule has 114 valence electrons. The number of rotatable bonds is 9. The minimum absolute atomic E-state index is 0.112. The Morgan fingerprint density at radius 2 is 1.75 bits per heavy atom. The fraction of sp³-hybridized carbons (Fsp3) is 0.600. The van der Waals surface area contributed by atoms with Gasteiger partial charge in [0.25, 0.3) is 0 Å². The first-order chi connectivity index (χ1) is 9.51. The normalized spacial score (nSPS) is 11.7. The highest BCUT2D eigenvalue weighted by atomic mass is 32.2. The van der Waals surface area contributed by atoms with Crippen LogP contribution in [0.25, 0.3) is 0 Å². The SMILES string of the molecule is CCCCCCCCc1cc(O)ccc1S(=O)(=O)NC. The smallest absolute Gasteiger partial charge is 0.240 e. The van der Waals surface area contributed by atoms with Gasteiger partial charge in [-0.15, -0.1) is 0 Å². The molecule has 0 radical (unpaired) electrons. The molecular weight excluding hydrogens is 274 g/mol. The van der Waals surface area contributed by atoms with Gasteiger partial charge in [-0.05, 0) is 43.7 Å². The molecule has 0 saturated carbocycles. The maximum absolute atomic E-state index is 11.9. The maximum Gasteiger partial charge on any atom is 0.240 e. The Labute approximate surface area is 122 Å². The third-order valence-electron chi connectivity index (χ3n) is 3.40. The van der Waals surface area contributed by atoms with Crippen molar-refractivity contribution >= 4 is 10.0 Å². The quantitative estimate of drug-likeness (QED) is 0.688. The second-order valence-electron chi connectivity index (χ2n) is 5.02. The van der Waals surface area contributed by atoms with Crippen molar-refractivity contribution in [3.63, 3.8) is 0 Å². The van der Waals surface area contributed by atoms with Crippen LogP contribution in [0.4, 0.5) is 0 Å². The van der Waals surface area contributed by atoms with E-state index >= 15 is 0 Å². The Bertz CT molecular complexity index is 512. The van der Waals surface area contributed by atoms with Crippen molar-refractivity contribution in [2.75, 3.05) is 7.05 Å². The average molecular weight is 299 g/mol. The summed E-state index contributed by atoms with van der Waals surface area (Å²) in [6, 6.07) is 4.43. The number of hydrogen-bond donors (Lipinski definition) is 2. The van der Waals surface area contributed by atoms with Crippen molar-refractivity contribution in [3.05, 3.63) is 23.8 Å². The lowest BCUT2D eigenvalue weighted by molar-refractivity contribution is 0.473. The molecule has 0 atom stereocenters. The molecule has 1 aromatic carbocycles. The number of phenols is 1. The second-order valence-corrected chi connectivity index (χ2v) is 6.87. The van der Waals surface area contributed by atoms with E-state index in [4.69, 9.17) is 0 Å². The van der Waals surface area contributed by atoms with E-state index in [1.807, 2.05) is 0 Å². The van der Waals surface area contributed by atoms with Gasteiger partial charge in [-0.1, -0.05) is 39.0 Å². The van der Waals surface area contributed by atoms with Gasteiger partial charge in [0, 0.05) is 0 Å². The van der Waals surface area contributed by atoms with Gasteiger partial charge < -0.3 is 5.11 Å². The summed E-state index contributed by atoms with van der Waals surface area (Å²) in [5.74, 6) is 0.112. The van der Waals surface area contributed by atoms with Crippen LogP contribution in [0.2, 0.25) is 0 Å². The highest BCUT2D eigenvalue weighted by Gasteiger charge is 2.16. The third kappa shape index (κ3) is 5.13. The van der Waals surface area contributed by atoms with E-state index in [2.05, 4.69) is 11.6 Å². The van der Waals surface area contributed by atoms with Gasteiger partial charge in [-0.3, -0.25) is 0 Å². The van der Waals surface area contributed by atoms with Gasteiger partial charge in [-0.2, -0.15) is 0 Å². The molecule has 0 amide bonds. The summed E-state index contributed by atoms with van der Waals surface area (Å²) in [6.07, 6.45) is 7.60. The summed E-state index contributed by atoms with van der Waals surface area (Å²) < 4.78 is 26.2. The van der Waals surface area contributed by atoms with Crippen molar-refractivity contribution < 1.29 is 13.5 Å². The number of aromatic hydroxyl groups is 1. The lowest BCUT2D eigenvalue weighted by atomic mass is 10.0. The van der Waals surface area contributed by atoms with E-state index in [0.717, 1.165) is 12.8 Å². The maximum atomic E-state index is 11.9. The molecule has 0 aliphatic rings. The minimum atomic E-state index is -3.46. The van der Waals surface area contributed by atoms with Gasteiger partial charge >= 0.3 is 0 Å². The molecular formula is C15H25NO3S. The van der Waals surface area contributed by atoms with Gasteiger partial charge in [-0.25, -0.2) is 13.1 Å². The molecule has 1 aromatic rings. The summed E-state index contributed by atoms with van der Waals surface area (Å²) in [6.45, 7) is 2.18. The molecule has 0 bridgehead atoms. The fourth-order valence-corrected chi connectivity index (χ4v) is 3.20. The number of phenolic OH excluding ortho intramolecular Hbond substituents is 1. The van der Waals surface area contributed by atoms with Crippen molar-refractivity contribution in [2.45, 2.75) is 56.8 Å². The van der Waals surface area contributed by atoms with Crippen LogP contribution >= 0.6 is 0 Å². The molecule has 0 saturated heterocycles. The van der Waals surface area contributed by atoms with E-state index in [-0.39, 0.29) is 10.6 Å². The molecule has 0 aromatic heterocycles. The number of unbranched alkanes of at least 4 members (excludes halogenated alkanes) is 5. The van der Waals surface area contributed by atoms with Crippen LogP contribution < -0.4 is 4.72 Å². The van der Waals surface area contributed by atoms with Crippen LogP contribution in [-0.4, -0.2) is 20.6 Å². The zero-order chi connectivity index (χ0) is 15.0. The highest BCUT2D eigenvalue weighted by Crippen LogP contribution is 2.23. The van der Waals surface area contributed by atoms with Crippen molar-refractivity contribution in [3.8, 4) is 5.75 Å². The Morgan fingerprint density at radius 1 is 1.10 bits per heavy atom. The molecule has 0 fully saturated rings. The largest absolute Gasteiger partial charge is 0.508 e. The molecule has 0 aliphatic heterocycles. The molecule has 0 spiro atoms. The minimum Gasteiger partial charge on any atom is -0.508 e. The van der Waals surface area contributed by atoms with Crippen LogP contribution in [0.5, 0.6) is 5.75 Å². The lowest BCUT2D eigenvalue weighted by Crippen LogP contribution is -2.20. The second kappa shape index (κ2) is 8.27. The van der Waals surface area contributed by atoms with Crippen LogP contribution in [0, 0.1) is 0 Å². The van der Waals surface area contributed by atoms with Crippen molar-refractivity contribution in [1.29, 1.82) is 0 Å². The van der Waals surface area contributed by atoms with E-state index in [0.29, 0.717) is 12.0 Å². The molecule has 2 N–H and O–H groups in total. The van der Waals surface area contributed by atoms with E-state index in [9.17, 15) is 13.5 Å². The summed E-state index contributed by atoms with van der Waals surface area (Å²) >= 11 is 0. The Morgan fingerprint density at radius 3 is 2.40 bits per heavy atom. The number of sulfonamides is 1. The fourth-order valence-electron chi connectivity index (χ4n) is 2.23. The van der Waals surface area contributed by atoms with Crippen LogP contribution in [0.15, 0.2) is 23.1 Å². The molecule has 0 aliphatic carbocycles. The van der Waals surface area contributed by atoms with Gasteiger partial charge in [0.1, 0.15) is 5.75 Å². The van der Waals surface area contributed by atoms with Gasteiger partial charge in [0.05, 0.1) is 4.90 Å². The third-order valence-corrected chi connectivity index (χ3v) is 4.92. The van der Waals surface area contributed by atoms with Crippen LogP contribution in [0.1, 0.15) is 51.0 Å². The highest BCUT2D eigenvalue weighted by molar-refractivity contribution is 7.89. The van der Waals surface area contributed by atoms with Gasteiger partial charge in [0.2, 0.25) is 10.0 Å². The molecule has 0 heterocycles. The summed E-state index contributed by atoms with van der Waals surface area (Å²) in [5.41, 5.74) is 0.690. The molecule has 20 heavy (non-hydrogen) atoms. The summed E-state index contributed by atoms with van der Waals surface area (Å²) in [7, 11) is -2.06. The Kier molecular flexibility index (Phi) is 7.02. The van der Waals surface area contributed by atoms with Crippen molar-refractivity contribution in [1.82, 2.24) is 4.72 Å². The van der Waals surface area contributed by atoms with Gasteiger partial charge in [0.15, 0.2) is 0 Å². The lowest BCUT2D eigenvalue weighted by Gasteiger charge is -2.10. The number of nitrogens with one attached hydrogen (secondary N) is 1. The first-order valence-corrected chi connectivity index (χ1v) is 8.75. The molecule has 1 rings (SSSR count). The Balaban J connectivity index is 2.67. The number of aryl methyl sites for hydroxylation is 1. The first-order valence-electron chi connectivity index (χ1n) is 7.26. The van der Waals surface area contributed by atoms with E-state index in [1.54, 1.807) is 6.07 Å².